The predicted molar refractivity (Wildman–Crippen MR) is 78.2 cm³/mol. The van der Waals surface area contributed by atoms with Crippen molar-refractivity contribution in [1.29, 1.82) is 0 Å². The third-order valence-electron chi connectivity index (χ3n) is 2.91. The molecule has 0 aromatic carbocycles. The van der Waals surface area contributed by atoms with Crippen LogP contribution in [0.15, 0.2) is 6.20 Å². The van der Waals surface area contributed by atoms with E-state index in [0.717, 1.165) is 17.1 Å². The van der Waals surface area contributed by atoms with E-state index in [0.29, 0.717) is 10.5 Å². The molecule has 0 amide bonds. The van der Waals surface area contributed by atoms with Gasteiger partial charge in [-0.1, -0.05) is 6.92 Å². The Hall–Kier alpha value is 0.0700. The fourth-order valence-electron chi connectivity index (χ4n) is 1.94. The van der Waals surface area contributed by atoms with Crippen LogP contribution >= 0.6 is 35.1 Å². The van der Waals surface area contributed by atoms with Gasteiger partial charge in [-0.3, -0.25) is 0 Å². The predicted octanol–water partition coefficient (Wildman–Crippen LogP) is 3.99. The Balaban J connectivity index is 2.24. The summed E-state index contributed by atoms with van der Waals surface area (Å²) in [6.07, 6.45) is 1.89. The molecule has 2 nitrogen and oxygen atoms in total. The molecule has 0 aliphatic carbocycles. The van der Waals surface area contributed by atoms with Crippen LogP contribution in [0.4, 0.5) is 0 Å². The number of halogens is 1. The van der Waals surface area contributed by atoms with Crippen molar-refractivity contribution in [3.63, 3.8) is 0 Å². The number of thioether (sulfide) groups is 2. The first kappa shape index (κ1) is 13.5. The van der Waals surface area contributed by atoms with Gasteiger partial charge >= 0.3 is 0 Å². The smallest absolute Gasteiger partial charge is 0.142 e. The zero-order valence-corrected chi connectivity index (χ0v) is 12.7. The number of alkyl halides is 1. The van der Waals surface area contributed by atoms with Gasteiger partial charge in [0.15, 0.2) is 0 Å². The number of rotatable bonds is 2. The summed E-state index contributed by atoms with van der Waals surface area (Å²) in [6, 6.07) is 0. The first-order chi connectivity index (χ1) is 8.09. The molecule has 3 atom stereocenters. The van der Waals surface area contributed by atoms with Crippen LogP contribution in [0.25, 0.3) is 0 Å². The van der Waals surface area contributed by atoms with Crippen molar-refractivity contribution < 1.29 is 0 Å². The minimum atomic E-state index is -0.0187. The molecule has 0 N–H and O–H groups in total. The standard InChI is InChI=1S/C12H17ClN2S2/c1-7(13)10-6-14-12(15-8(10)2)11-9(3)16-4-5-17-11/h6-7,9,11H,4-5H2,1-3H3. The van der Waals surface area contributed by atoms with Crippen LogP contribution in [0.1, 0.15) is 41.6 Å². The van der Waals surface area contributed by atoms with Gasteiger partial charge in [0.05, 0.1) is 10.6 Å². The van der Waals surface area contributed by atoms with Crippen molar-refractivity contribution in [3.8, 4) is 0 Å². The van der Waals surface area contributed by atoms with E-state index in [2.05, 4.69) is 16.9 Å². The average Bonchev–Trinajstić information content (AvgIpc) is 2.29. The van der Waals surface area contributed by atoms with E-state index in [9.17, 15) is 0 Å². The summed E-state index contributed by atoms with van der Waals surface area (Å²) >= 11 is 10.1. The molecule has 2 heterocycles. The van der Waals surface area contributed by atoms with Gasteiger partial charge in [0.1, 0.15) is 5.82 Å². The molecule has 1 aromatic rings. The lowest BCUT2D eigenvalue weighted by Crippen LogP contribution is -2.18. The SMILES string of the molecule is Cc1nc(C2SCCSC2C)ncc1C(C)Cl. The Morgan fingerprint density at radius 2 is 2.12 bits per heavy atom. The Morgan fingerprint density at radius 3 is 2.71 bits per heavy atom. The van der Waals surface area contributed by atoms with Crippen LogP contribution in [0.5, 0.6) is 0 Å². The topological polar surface area (TPSA) is 25.8 Å². The number of nitrogens with zero attached hydrogens (tertiary/aromatic N) is 2. The molecule has 0 saturated carbocycles. The van der Waals surface area contributed by atoms with Gasteiger partial charge in [-0.05, 0) is 13.8 Å². The third kappa shape index (κ3) is 3.09. The zero-order valence-electron chi connectivity index (χ0n) is 10.3. The van der Waals surface area contributed by atoms with E-state index < -0.39 is 0 Å². The second-order valence-electron chi connectivity index (χ2n) is 4.25. The van der Waals surface area contributed by atoms with Crippen molar-refractivity contribution in [2.45, 2.75) is 36.6 Å². The Labute approximate surface area is 116 Å². The van der Waals surface area contributed by atoms with Gasteiger partial charge < -0.3 is 0 Å². The molecule has 1 aliphatic heterocycles. The van der Waals surface area contributed by atoms with E-state index >= 15 is 0 Å². The molecule has 17 heavy (non-hydrogen) atoms. The molecular weight excluding hydrogens is 272 g/mol. The summed E-state index contributed by atoms with van der Waals surface area (Å²) in [5.41, 5.74) is 2.05. The molecule has 2 rings (SSSR count). The maximum atomic E-state index is 6.09. The van der Waals surface area contributed by atoms with E-state index in [-0.39, 0.29) is 5.38 Å². The first-order valence-electron chi connectivity index (χ1n) is 5.80. The summed E-state index contributed by atoms with van der Waals surface area (Å²) < 4.78 is 0. The van der Waals surface area contributed by atoms with Gasteiger partial charge in [-0.15, -0.1) is 23.4 Å². The van der Waals surface area contributed by atoms with E-state index in [1.54, 1.807) is 0 Å². The molecule has 1 aliphatic rings. The fourth-order valence-corrected chi connectivity index (χ4v) is 4.85. The van der Waals surface area contributed by atoms with Gasteiger partial charge in [-0.25, -0.2) is 9.97 Å². The van der Waals surface area contributed by atoms with Crippen molar-refractivity contribution in [2.75, 3.05) is 11.5 Å². The maximum absolute atomic E-state index is 6.09. The first-order valence-corrected chi connectivity index (χ1v) is 8.33. The van der Waals surface area contributed by atoms with E-state index in [1.807, 2.05) is 43.6 Å². The van der Waals surface area contributed by atoms with E-state index in [1.165, 1.54) is 11.5 Å². The Bertz CT molecular complexity index is 398. The van der Waals surface area contributed by atoms with Crippen molar-refractivity contribution in [1.82, 2.24) is 9.97 Å². The summed E-state index contributed by atoms with van der Waals surface area (Å²) in [6.45, 7) is 6.24. The summed E-state index contributed by atoms with van der Waals surface area (Å²) in [7, 11) is 0. The second kappa shape index (κ2) is 5.81. The van der Waals surface area contributed by atoms with Crippen LogP contribution in [0, 0.1) is 6.92 Å². The molecule has 94 valence electrons. The third-order valence-corrected chi connectivity index (χ3v) is 6.23. The highest BCUT2D eigenvalue weighted by molar-refractivity contribution is 8.06. The van der Waals surface area contributed by atoms with Crippen LogP contribution < -0.4 is 0 Å². The average molecular weight is 289 g/mol. The van der Waals surface area contributed by atoms with Crippen molar-refractivity contribution in [2.24, 2.45) is 0 Å². The molecule has 1 aromatic heterocycles. The van der Waals surface area contributed by atoms with Crippen LogP contribution in [-0.2, 0) is 0 Å². The number of aromatic nitrogens is 2. The lowest BCUT2D eigenvalue weighted by atomic mass is 10.2. The molecule has 0 spiro atoms. The summed E-state index contributed by atoms with van der Waals surface area (Å²) in [5, 5.41) is 0.995. The van der Waals surface area contributed by atoms with Crippen LogP contribution in [-0.4, -0.2) is 26.7 Å². The highest BCUT2D eigenvalue weighted by Crippen LogP contribution is 2.41. The van der Waals surface area contributed by atoms with Gasteiger partial charge in [-0.2, -0.15) is 11.8 Å². The number of hydrogen-bond donors (Lipinski definition) is 0. The van der Waals surface area contributed by atoms with Gasteiger partial charge in [0.25, 0.3) is 0 Å². The minimum Gasteiger partial charge on any atom is -0.240 e. The van der Waals surface area contributed by atoms with Crippen molar-refractivity contribution in [3.05, 3.63) is 23.3 Å². The number of aryl methyl sites for hydroxylation is 1. The van der Waals surface area contributed by atoms with Crippen LogP contribution in [0.3, 0.4) is 0 Å². The van der Waals surface area contributed by atoms with Crippen LogP contribution in [0.2, 0.25) is 0 Å². The Kier molecular flexibility index (Phi) is 4.61. The molecular formula is C12H17ClN2S2. The second-order valence-corrected chi connectivity index (χ2v) is 7.64. The van der Waals surface area contributed by atoms with Crippen molar-refractivity contribution >= 4 is 35.1 Å². The minimum absolute atomic E-state index is 0.0187. The lowest BCUT2D eigenvalue weighted by Gasteiger charge is -2.26. The Morgan fingerprint density at radius 1 is 1.41 bits per heavy atom. The largest absolute Gasteiger partial charge is 0.240 e. The van der Waals surface area contributed by atoms with E-state index in [4.69, 9.17) is 11.6 Å². The molecule has 3 unspecified atom stereocenters. The lowest BCUT2D eigenvalue weighted by molar-refractivity contribution is 0.801. The van der Waals surface area contributed by atoms with Gasteiger partial charge in [0, 0.05) is 34.2 Å². The highest BCUT2D eigenvalue weighted by Gasteiger charge is 2.26. The van der Waals surface area contributed by atoms with Gasteiger partial charge in [0.2, 0.25) is 0 Å². The zero-order chi connectivity index (χ0) is 12.4. The summed E-state index contributed by atoms with van der Waals surface area (Å²) in [4.78, 5) is 9.14. The fraction of sp³-hybridized carbons (Fsp3) is 0.667. The molecule has 0 radical (unpaired) electrons. The molecule has 1 fully saturated rings. The normalized spacial score (nSPS) is 26.8. The maximum Gasteiger partial charge on any atom is 0.142 e. The number of hydrogen-bond acceptors (Lipinski definition) is 4. The molecule has 1 saturated heterocycles. The monoisotopic (exact) mass is 288 g/mol. The highest BCUT2D eigenvalue weighted by atomic mass is 35.5. The summed E-state index contributed by atoms with van der Waals surface area (Å²) in [5.74, 6) is 3.39. The molecule has 0 bridgehead atoms. The molecule has 5 heteroatoms. The quantitative estimate of drug-likeness (QED) is 0.769.